The van der Waals surface area contributed by atoms with E-state index in [1.807, 2.05) is 54.6 Å². The summed E-state index contributed by atoms with van der Waals surface area (Å²) >= 11 is 0. The van der Waals surface area contributed by atoms with Crippen LogP contribution in [0.2, 0.25) is 0 Å². The van der Waals surface area contributed by atoms with Crippen molar-refractivity contribution in [3.8, 4) is 5.75 Å². The highest BCUT2D eigenvalue weighted by Crippen LogP contribution is 2.50. The Balaban J connectivity index is 1.38. The average molecular weight is 386 g/mol. The maximum atomic E-state index is 10.6. The first-order chi connectivity index (χ1) is 13.6. The second-order valence-corrected chi connectivity index (χ2v) is 7.27. The Morgan fingerprint density at radius 1 is 0.857 bits per heavy atom. The van der Waals surface area contributed by atoms with Gasteiger partial charge in [0.05, 0.1) is 13.7 Å². The van der Waals surface area contributed by atoms with Crippen LogP contribution in [-0.2, 0) is 31.5 Å². The van der Waals surface area contributed by atoms with E-state index < -0.39 is 42.6 Å². The molecule has 7 nitrogen and oxygen atoms in total. The minimum Gasteiger partial charge on any atom is -0.497 e. The first kappa shape index (κ1) is 18.1. The largest absolute Gasteiger partial charge is 0.497 e. The fraction of sp³-hybridized carbons (Fsp3) is 0.429. The van der Waals surface area contributed by atoms with Gasteiger partial charge in [0, 0.05) is 5.56 Å². The molecule has 0 amide bonds. The van der Waals surface area contributed by atoms with Crippen LogP contribution in [0.25, 0.3) is 0 Å². The topological polar surface area (TPSA) is 86.6 Å². The summed E-state index contributed by atoms with van der Waals surface area (Å²) in [7, 11) is 1.61. The molecule has 1 aliphatic carbocycles. The summed E-state index contributed by atoms with van der Waals surface area (Å²) in [4.78, 5) is 0. The molecule has 4 fully saturated rings. The van der Waals surface area contributed by atoms with Crippen LogP contribution in [0.4, 0.5) is 0 Å². The van der Waals surface area contributed by atoms with Crippen LogP contribution >= 0.6 is 0 Å². The Hall–Kier alpha value is -2.00. The van der Waals surface area contributed by atoms with Crippen LogP contribution in [0.3, 0.4) is 0 Å². The van der Waals surface area contributed by atoms with Crippen LogP contribution in [-0.4, -0.2) is 53.9 Å². The van der Waals surface area contributed by atoms with Gasteiger partial charge in [-0.15, -0.1) is 0 Å². The van der Waals surface area contributed by atoms with Gasteiger partial charge in [-0.3, -0.25) is 0 Å². The number of ether oxygens (including phenoxy) is 5. The van der Waals surface area contributed by atoms with Crippen LogP contribution < -0.4 is 4.74 Å². The zero-order valence-electron chi connectivity index (χ0n) is 15.3. The number of hydrogen-bond donors (Lipinski definition) is 2. The Kier molecular flexibility index (Phi) is 4.39. The summed E-state index contributed by atoms with van der Waals surface area (Å²) in [5.41, 5.74) is 1.62. The van der Waals surface area contributed by atoms with E-state index in [0.29, 0.717) is 5.56 Å². The van der Waals surface area contributed by atoms with Crippen molar-refractivity contribution in [1.29, 1.82) is 0 Å². The van der Waals surface area contributed by atoms with Crippen molar-refractivity contribution in [1.82, 2.24) is 0 Å². The number of hydrogen-bond acceptors (Lipinski definition) is 7. The van der Waals surface area contributed by atoms with E-state index in [1.54, 1.807) is 7.11 Å². The quantitative estimate of drug-likeness (QED) is 0.801. The number of methoxy groups -OCH3 is 1. The van der Waals surface area contributed by atoms with E-state index in [-0.39, 0.29) is 6.61 Å². The van der Waals surface area contributed by atoms with E-state index in [2.05, 4.69) is 0 Å². The molecule has 4 aliphatic rings. The van der Waals surface area contributed by atoms with Crippen molar-refractivity contribution in [3.05, 3.63) is 65.7 Å². The van der Waals surface area contributed by atoms with E-state index in [0.717, 1.165) is 11.3 Å². The van der Waals surface area contributed by atoms with Crippen molar-refractivity contribution < 1.29 is 33.9 Å². The monoisotopic (exact) mass is 386 g/mol. The van der Waals surface area contributed by atoms with Gasteiger partial charge in [0.2, 0.25) is 0 Å². The van der Waals surface area contributed by atoms with Crippen LogP contribution in [0.1, 0.15) is 11.1 Å². The Morgan fingerprint density at radius 2 is 1.46 bits per heavy atom. The smallest absolute Gasteiger partial charge is 0.313 e. The molecule has 0 aromatic heterocycles. The molecule has 28 heavy (non-hydrogen) atoms. The third-order valence-corrected chi connectivity index (χ3v) is 5.60. The number of aliphatic hydroxyl groups excluding tert-OH is 2. The standard InChI is InChI=1S/C21H22O7/c1-24-14-9-7-12(8-10-14)11-25-20-18-15(22)17-16(23)19(20)28-21(26-17,27-18)13-5-3-2-4-6-13/h2-10,15-20,22-23H,11H2,1H3/t15-,16+,17?,18-,19+,20?,21?. The SMILES string of the molecule is COc1ccc(COC2[C@H]3OC4(c5ccccc5)OC([C@@H](O)[C@H]2O4)[C@@H]3O)cc1. The van der Waals surface area contributed by atoms with Crippen molar-refractivity contribution in [3.63, 3.8) is 0 Å². The van der Waals surface area contributed by atoms with Crippen LogP contribution in [0.15, 0.2) is 54.6 Å². The van der Waals surface area contributed by atoms with Gasteiger partial charge in [0.1, 0.15) is 42.4 Å². The zero-order chi connectivity index (χ0) is 19.3. The maximum absolute atomic E-state index is 10.6. The minimum atomic E-state index is -1.43. The molecular weight excluding hydrogens is 364 g/mol. The Labute approximate surface area is 162 Å². The van der Waals surface area contributed by atoms with Crippen molar-refractivity contribution in [2.45, 2.75) is 49.2 Å². The van der Waals surface area contributed by atoms with Gasteiger partial charge in [0.15, 0.2) is 0 Å². The average Bonchev–Trinajstić information content (AvgIpc) is 2.75. The molecule has 148 valence electrons. The second kappa shape index (κ2) is 6.81. The molecule has 2 N–H and O–H groups in total. The Morgan fingerprint density at radius 3 is 2.07 bits per heavy atom. The lowest BCUT2D eigenvalue weighted by molar-refractivity contribution is -0.550. The maximum Gasteiger partial charge on any atom is 0.313 e. The molecule has 3 heterocycles. The predicted octanol–water partition coefficient (Wildman–Crippen LogP) is 1.31. The number of benzene rings is 2. The summed E-state index contributed by atoms with van der Waals surface area (Å²) in [6.45, 7) is 0.289. The van der Waals surface area contributed by atoms with Gasteiger partial charge >= 0.3 is 5.97 Å². The van der Waals surface area contributed by atoms with Gasteiger partial charge in [-0.2, -0.15) is 0 Å². The number of rotatable bonds is 5. The second-order valence-electron chi connectivity index (χ2n) is 7.27. The van der Waals surface area contributed by atoms with Crippen LogP contribution in [0, 0.1) is 0 Å². The van der Waals surface area contributed by atoms with Crippen molar-refractivity contribution in [2.24, 2.45) is 0 Å². The molecule has 2 aromatic carbocycles. The van der Waals surface area contributed by atoms with Crippen molar-refractivity contribution >= 4 is 0 Å². The summed E-state index contributed by atoms with van der Waals surface area (Å²) in [6.07, 6.45) is -4.76. The fourth-order valence-corrected chi connectivity index (χ4v) is 4.14. The van der Waals surface area contributed by atoms with E-state index >= 15 is 0 Å². The molecule has 3 aliphatic heterocycles. The summed E-state index contributed by atoms with van der Waals surface area (Å²) in [5.74, 6) is -0.669. The zero-order valence-corrected chi connectivity index (χ0v) is 15.3. The number of aliphatic hydroxyl groups is 2. The lowest BCUT2D eigenvalue weighted by Crippen LogP contribution is -2.78. The molecule has 7 heteroatoms. The molecule has 2 aromatic rings. The lowest BCUT2D eigenvalue weighted by atomic mass is 9.81. The molecular formula is C21H22O7. The van der Waals surface area contributed by atoms with Crippen molar-refractivity contribution in [2.75, 3.05) is 7.11 Å². The summed E-state index contributed by atoms with van der Waals surface area (Å²) in [6, 6.07) is 16.8. The summed E-state index contributed by atoms with van der Waals surface area (Å²) in [5, 5.41) is 21.3. The van der Waals surface area contributed by atoms with E-state index in [1.165, 1.54) is 0 Å². The van der Waals surface area contributed by atoms with Gasteiger partial charge in [-0.25, -0.2) is 0 Å². The minimum absolute atomic E-state index is 0.289. The molecule has 7 atom stereocenters. The van der Waals surface area contributed by atoms with Crippen LogP contribution in [0.5, 0.6) is 5.75 Å². The van der Waals surface area contributed by atoms with Gasteiger partial charge in [-0.05, 0) is 17.7 Å². The highest BCUT2D eigenvalue weighted by atomic mass is 16.9. The Bertz CT molecular complexity index is 804. The predicted molar refractivity (Wildman–Crippen MR) is 96.3 cm³/mol. The molecule has 0 radical (unpaired) electrons. The highest BCUT2D eigenvalue weighted by Gasteiger charge is 2.68. The lowest BCUT2D eigenvalue weighted by Gasteiger charge is -2.61. The third kappa shape index (κ3) is 2.75. The highest BCUT2D eigenvalue weighted by molar-refractivity contribution is 5.27. The van der Waals surface area contributed by atoms with E-state index in [4.69, 9.17) is 23.7 Å². The molecule has 0 spiro atoms. The van der Waals surface area contributed by atoms with Gasteiger partial charge in [-0.1, -0.05) is 42.5 Å². The normalized spacial score (nSPS) is 38.5. The molecule has 4 bridgehead atoms. The molecule has 3 unspecified atom stereocenters. The van der Waals surface area contributed by atoms with Gasteiger partial charge in [0.25, 0.3) is 0 Å². The first-order valence-corrected chi connectivity index (χ1v) is 9.31. The fourth-order valence-electron chi connectivity index (χ4n) is 4.14. The molecule has 3 saturated heterocycles. The molecule has 6 rings (SSSR count). The first-order valence-electron chi connectivity index (χ1n) is 9.31. The summed E-state index contributed by atoms with van der Waals surface area (Å²) < 4.78 is 29.1. The third-order valence-electron chi connectivity index (χ3n) is 5.60. The van der Waals surface area contributed by atoms with E-state index in [9.17, 15) is 10.2 Å². The van der Waals surface area contributed by atoms with Gasteiger partial charge < -0.3 is 33.9 Å². The molecule has 1 saturated carbocycles.